The SMILES string of the molecule is Cc1noc(-c2ccc(Br)cc2)c1C(=O)CS(C)=O.c1ccccc1. The highest BCUT2D eigenvalue weighted by atomic mass is 79.9. The Hall–Kier alpha value is -2.05. The predicted molar refractivity (Wildman–Crippen MR) is 104 cm³/mol. The molecule has 0 amide bonds. The number of hydrogen-bond acceptors (Lipinski definition) is 4. The molecule has 0 saturated carbocycles. The lowest BCUT2D eigenvalue weighted by Gasteiger charge is -2.01. The molecule has 0 fully saturated rings. The fourth-order valence-electron chi connectivity index (χ4n) is 2.14. The minimum Gasteiger partial charge on any atom is -0.355 e. The molecule has 0 spiro atoms. The van der Waals surface area contributed by atoms with E-state index in [9.17, 15) is 9.00 Å². The number of rotatable bonds is 4. The van der Waals surface area contributed by atoms with Gasteiger partial charge < -0.3 is 4.52 Å². The monoisotopic (exact) mass is 419 g/mol. The van der Waals surface area contributed by atoms with Crippen molar-refractivity contribution in [2.45, 2.75) is 6.92 Å². The molecule has 4 nitrogen and oxygen atoms in total. The number of benzene rings is 2. The van der Waals surface area contributed by atoms with E-state index >= 15 is 0 Å². The largest absolute Gasteiger partial charge is 0.355 e. The summed E-state index contributed by atoms with van der Waals surface area (Å²) in [5.74, 6) is 0.198. The number of carbonyl (C=O) groups excluding carboxylic acids is 1. The third-order valence-corrected chi connectivity index (χ3v) is 4.45. The number of halogens is 1. The topological polar surface area (TPSA) is 60.2 Å². The van der Waals surface area contributed by atoms with E-state index in [-0.39, 0.29) is 11.5 Å². The average molecular weight is 420 g/mol. The van der Waals surface area contributed by atoms with E-state index in [1.54, 1.807) is 6.92 Å². The molecule has 0 saturated heterocycles. The van der Waals surface area contributed by atoms with Crippen molar-refractivity contribution < 1.29 is 13.5 Å². The molecule has 0 aliphatic carbocycles. The van der Waals surface area contributed by atoms with Crippen molar-refractivity contribution in [3.8, 4) is 11.3 Å². The normalized spacial score (nSPS) is 11.3. The number of nitrogens with zero attached hydrogens (tertiary/aromatic N) is 1. The third kappa shape index (κ3) is 5.76. The first kappa shape index (κ1) is 19.3. The van der Waals surface area contributed by atoms with Gasteiger partial charge in [-0.3, -0.25) is 9.00 Å². The van der Waals surface area contributed by atoms with Gasteiger partial charge in [-0.2, -0.15) is 0 Å². The lowest BCUT2D eigenvalue weighted by molar-refractivity contribution is 0.102. The summed E-state index contributed by atoms with van der Waals surface area (Å²) >= 11 is 3.35. The van der Waals surface area contributed by atoms with Gasteiger partial charge in [0.15, 0.2) is 11.5 Å². The van der Waals surface area contributed by atoms with E-state index in [0.717, 1.165) is 10.0 Å². The number of ketones is 1. The maximum absolute atomic E-state index is 12.1. The summed E-state index contributed by atoms with van der Waals surface area (Å²) < 4.78 is 17.4. The van der Waals surface area contributed by atoms with Crippen LogP contribution in [0.1, 0.15) is 16.1 Å². The summed E-state index contributed by atoms with van der Waals surface area (Å²) in [5, 5.41) is 3.84. The summed E-state index contributed by atoms with van der Waals surface area (Å²) in [6.45, 7) is 1.71. The number of aryl methyl sites for hydroxylation is 1. The zero-order chi connectivity index (χ0) is 18.2. The van der Waals surface area contributed by atoms with Crippen LogP contribution in [0.25, 0.3) is 11.3 Å². The second-order valence-electron chi connectivity index (χ2n) is 5.27. The average Bonchev–Trinajstić information content (AvgIpc) is 2.99. The first-order valence-electron chi connectivity index (χ1n) is 7.54. The Bertz CT molecular complexity index is 818. The van der Waals surface area contributed by atoms with E-state index in [1.807, 2.05) is 60.7 Å². The van der Waals surface area contributed by atoms with Crippen molar-refractivity contribution >= 4 is 32.5 Å². The molecule has 0 aliphatic rings. The second-order valence-corrected chi connectivity index (χ2v) is 7.63. The number of carbonyl (C=O) groups is 1. The molecule has 1 atom stereocenters. The first-order valence-corrected chi connectivity index (χ1v) is 10.1. The maximum Gasteiger partial charge on any atom is 0.181 e. The van der Waals surface area contributed by atoms with Crippen molar-refractivity contribution in [1.82, 2.24) is 5.16 Å². The summed E-state index contributed by atoms with van der Waals surface area (Å²) in [6.07, 6.45) is 1.50. The smallest absolute Gasteiger partial charge is 0.181 e. The Labute approximate surface area is 157 Å². The summed E-state index contributed by atoms with van der Waals surface area (Å²) in [4.78, 5) is 12.1. The fraction of sp³-hybridized carbons (Fsp3) is 0.158. The van der Waals surface area contributed by atoms with E-state index in [4.69, 9.17) is 4.52 Å². The van der Waals surface area contributed by atoms with Crippen molar-refractivity contribution in [3.63, 3.8) is 0 Å². The van der Waals surface area contributed by atoms with Gasteiger partial charge in [-0.1, -0.05) is 57.5 Å². The standard InChI is InChI=1S/C13H12BrNO3S.C6H6/c1-8-12(11(16)7-19(2)17)13(18-15-8)9-3-5-10(14)6-4-9;1-2-4-6-5-3-1/h3-6H,7H2,1-2H3;1-6H. The highest BCUT2D eigenvalue weighted by molar-refractivity contribution is 9.10. The van der Waals surface area contributed by atoms with Gasteiger partial charge >= 0.3 is 0 Å². The molecular formula is C19H18BrNO3S. The molecule has 25 heavy (non-hydrogen) atoms. The van der Waals surface area contributed by atoms with Crippen LogP contribution < -0.4 is 0 Å². The summed E-state index contributed by atoms with van der Waals surface area (Å²) in [7, 11) is -1.18. The lowest BCUT2D eigenvalue weighted by atomic mass is 10.0. The Morgan fingerprint density at radius 2 is 1.60 bits per heavy atom. The van der Waals surface area contributed by atoms with Gasteiger partial charge in [0, 0.05) is 27.1 Å². The van der Waals surface area contributed by atoms with Crippen molar-refractivity contribution in [3.05, 3.63) is 76.4 Å². The molecule has 0 N–H and O–H groups in total. The molecule has 3 rings (SSSR count). The molecule has 2 aromatic carbocycles. The zero-order valence-corrected chi connectivity index (χ0v) is 16.3. The van der Waals surface area contributed by atoms with Crippen LogP contribution in [0.15, 0.2) is 69.7 Å². The Balaban J connectivity index is 0.000000316. The Morgan fingerprint density at radius 3 is 2.08 bits per heavy atom. The molecule has 0 bridgehead atoms. The van der Waals surface area contributed by atoms with E-state index in [2.05, 4.69) is 21.1 Å². The second kappa shape index (κ2) is 9.44. The van der Waals surface area contributed by atoms with Gasteiger partial charge in [0.2, 0.25) is 0 Å². The minimum atomic E-state index is -1.18. The number of aromatic nitrogens is 1. The van der Waals surface area contributed by atoms with Crippen molar-refractivity contribution in [2.75, 3.05) is 12.0 Å². The van der Waals surface area contributed by atoms with Gasteiger partial charge in [-0.05, 0) is 31.2 Å². The molecule has 0 radical (unpaired) electrons. The molecule has 1 aromatic heterocycles. The number of hydrogen-bond donors (Lipinski definition) is 0. The van der Waals surface area contributed by atoms with E-state index < -0.39 is 10.8 Å². The van der Waals surface area contributed by atoms with E-state index in [1.165, 1.54) is 6.26 Å². The van der Waals surface area contributed by atoms with E-state index in [0.29, 0.717) is 17.0 Å². The van der Waals surface area contributed by atoms with Crippen molar-refractivity contribution in [2.24, 2.45) is 0 Å². The van der Waals surface area contributed by atoms with Gasteiger partial charge in [-0.15, -0.1) is 0 Å². The van der Waals surface area contributed by atoms with Gasteiger partial charge in [0.1, 0.15) is 0 Å². The minimum absolute atomic E-state index is 0.0222. The lowest BCUT2D eigenvalue weighted by Crippen LogP contribution is -2.11. The van der Waals surface area contributed by atoms with Crippen LogP contribution in [0, 0.1) is 6.92 Å². The van der Waals surface area contributed by atoms with Crippen LogP contribution in [0.4, 0.5) is 0 Å². The highest BCUT2D eigenvalue weighted by Gasteiger charge is 2.22. The van der Waals surface area contributed by atoms with Crippen LogP contribution in [0.5, 0.6) is 0 Å². The molecule has 1 heterocycles. The molecule has 3 aromatic rings. The van der Waals surface area contributed by atoms with Crippen LogP contribution in [0.3, 0.4) is 0 Å². The highest BCUT2D eigenvalue weighted by Crippen LogP contribution is 2.27. The fourth-order valence-corrected chi connectivity index (χ4v) is 2.92. The van der Waals surface area contributed by atoms with Crippen molar-refractivity contribution in [1.29, 1.82) is 0 Å². The van der Waals surface area contributed by atoms with Gasteiger partial charge in [0.05, 0.1) is 17.0 Å². The Kier molecular flexibility index (Phi) is 7.28. The van der Waals surface area contributed by atoms with Crippen LogP contribution in [-0.2, 0) is 10.8 Å². The molecule has 6 heteroatoms. The third-order valence-electron chi connectivity index (χ3n) is 3.25. The van der Waals surface area contributed by atoms with Gasteiger partial charge in [-0.25, -0.2) is 0 Å². The quantitative estimate of drug-likeness (QED) is 0.576. The summed E-state index contributed by atoms with van der Waals surface area (Å²) in [5.41, 5.74) is 1.71. The Morgan fingerprint density at radius 1 is 1.08 bits per heavy atom. The predicted octanol–water partition coefficient (Wildman–Crippen LogP) is 4.66. The van der Waals surface area contributed by atoms with Crippen LogP contribution >= 0.6 is 15.9 Å². The zero-order valence-electron chi connectivity index (χ0n) is 13.9. The number of Topliss-reactive ketones (excluding diaryl/α,β-unsaturated/α-hetero) is 1. The van der Waals surface area contributed by atoms with Crippen LogP contribution in [-0.4, -0.2) is 27.2 Å². The summed E-state index contributed by atoms with van der Waals surface area (Å²) in [6, 6.07) is 19.4. The molecule has 1 unspecified atom stereocenters. The first-order chi connectivity index (χ1) is 12.0. The molecule has 130 valence electrons. The molecule has 0 aliphatic heterocycles. The van der Waals surface area contributed by atoms with Gasteiger partial charge in [0.25, 0.3) is 0 Å². The van der Waals surface area contributed by atoms with Crippen LogP contribution in [0.2, 0.25) is 0 Å². The molecular weight excluding hydrogens is 402 g/mol. The maximum atomic E-state index is 12.1.